The summed E-state index contributed by atoms with van der Waals surface area (Å²) in [6, 6.07) is 3.06. The van der Waals surface area contributed by atoms with Crippen LogP contribution in [0.5, 0.6) is 0 Å². The molecule has 2 N–H and O–H groups in total. The summed E-state index contributed by atoms with van der Waals surface area (Å²) in [5.74, 6) is -1.06. The van der Waals surface area contributed by atoms with Crippen molar-refractivity contribution in [3.8, 4) is 0 Å². The van der Waals surface area contributed by atoms with Crippen LogP contribution in [-0.4, -0.2) is 38.1 Å². The van der Waals surface area contributed by atoms with E-state index in [-0.39, 0.29) is 17.0 Å². The zero-order valence-corrected chi connectivity index (χ0v) is 10.6. The monoisotopic (exact) mass is 272 g/mol. The van der Waals surface area contributed by atoms with Gasteiger partial charge in [-0.1, -0.05) is 0 Å². The van der Waals surface area contributed by atoms with Crippen LogP contribution >= 0.6 is 0 Å². The summed E-state index contributed by atoms with van der Waals surface area (Å²) in [6.45, 7) is 0.393. The van der Waals surface area contributed by atoms with E-state index < -0.39 is 26.8 Å². The number of hydrogen-bond donors (Lipinski definition) is 1. The van der Waals surface area contributed by atoms with Crippen molar-refractivity contribution in [3.63, 3.8) is 0 Å². The second kappa shape index (κ2) is 4.24. The maximum atomic E-state index is 12.9. The molecule has 2 rings (SSSR count). The molecule has 1 aliphatic heterocycles. The molecular formula is C11H13FN2O3S. The first-order chi connectivity index (χ1) is 8.34. The third-order valence-corrected chi connectivity index (χ3v) is 5.20. The van der Waals surface area contributed by atoms with E-state index in [1.807, 2.05) is 0 Å². The molecule has 1 aliphatic rings. The number of likely N-dealkylation sites (tertiary alicyclic amines) is 1. The third kappa shape index (κ3) is 1.94. The van der Waals surface area contributed by atoms with E-state index >= 15 is 0 Å². The smallest absolute Gasteiger partial charge is 0.241 e. The lowest BCUT2D eigenvalue weighted by Crippen LogP contribution is -2.32. The van der Waals surface area contributed by atoms with Crippen LogP contribution < -0.4 is 5.73 Å². The fourth-order valence-corrected chi connectivity index (χ4v) is 3.82. The molecule has 1 heterocycles. The van der Waals surface area contributed by atoms with Crippen LogP contribution in [-0.2, 0) is 14.6 Å². The van der Waals surface area contributed by atoms with Crippen LogP contribution in [0, 0.1) is 5.82 Å². The van der Waals surface area contributed by atoms with Gasteiger partial charge in [0.25, 0.3) is 0 Å². The number of sulfone groups is 1. The van der Waals surface area contributed by atoms with Gasteiger partial charge in [0.05, 0.1) is 10.6 Å². The van der Waals surface area contributed by atoms with Crippen molar-refractivity contribution in [1.82, 2.24) is 4.90 Å². The second-order valence-corrected chi connectivity index (χ2v) is 6.36. The van der Waals surface area contributed by atoms with E-state index in [4.69, 9.17) is 5.73 Å². The summed E-state index contributed by atoms with van der Waals surface area (Å²) >= 11 is 0. The zero-order chi connectivity index (χ0) is 13.5. The minimum Gasteiger partial charge on any atom is -0.398 e. The lowest BCUT2D eigenvalue weighted by Gasteiger charge is -2.13. The molecule has 1 aromatic rings. The molecule has 0 aromatic heterocycles. The fourth-order valence-electron chi connectivity index (χ4n) is 2.01. The SMILES string of the molecule is CN1CCC(S(=O)(=O)c2ccc(F)cc2N)C1=O. The number of anilines is 1. The lowest BCUT2D eigenvalue weighted by molar-refractivity contribution is -0.126. The number of carbonyl (C=O) groups excluding carboxylic acids is 1. The Bertz CT molecular complexity index is 600. The van der Waals surface area contributed by atoms with Gasteiger partial charge in [-0.05, 0) is 24.6 Å². The van der Waals surface area contributed by atoms with Crippen molar-refractivity contribution < 1.29 is 17.6 Å². The Hall–Kier alpha value is -1.63. The van der Waals surface area contributed by atoms with Gasteiger partial charge in [0, 0.05) is 13.6 Å². The van der Waals surface area contributed by atoms with Gasteiger partial charge in [0.15, 0.2) is 9.84 Å². The molecule has 1 saturated heterocycles. The van der Waals surface area contributed by atoms with Gasteiger partial charge in [0.1, 0.15) is 11.1 Å². The molecule has 1 unspecified atom stereocenters. The van der Waals surface area contributed by atoms with E-state index in [9.17, 15) is 17.6 Å². The number of halogens is 1. The molecule has 0 spiro atoms. The topological polar surface area (TPSA) is 80.5 Å². The molecule has 0 radical (unpaired) electrons. The normalized spacial score (nSPS) is 20.4. The summed E-state index contributed by atoms with van der Waals surface area (Å²) in [6.07, 6.45) is 0.231. The Kier molecular flexibility index (Phi) is 3.02. The summed E-state index contributed by atoms with van der Waals surface area (Å²) in [4.78, 5) is 12.9. The van der Waals surface area contributed by atoms with Crippen molar-refractivity contribution >= 4 is 21.4 Å². The summed E-state index contributed by atoms with van der Waals surface area (Å²) in [5, 5.41) is -1.12. The number of nitrogens with zero attached hydrogens (tertiary/aromatic N) is 1. The predicted molar refractivity (Wildman–Crippen MR) is 64.0 cm³/mol. The second-order valence-electron chi connectivity index (χ2n) is 4.26. The first kappa shape index (κ1) is 12.8. The van der Waals surface area contributed by atoms with Gasteiger partial charge in [-0.3, -0.25) is 4.79 Å². The Morgan fingerprint density at radius 1 is 1.44 bits per heavy atom. The van der Waals surface area contributed by atoms with Crippen LogP contribution in [0.25, 0.3) is 0 Å². The molecule has 98 valence electrons. The molecule has 0 saturated carbocycles. The number of rotatable bonds is 2. The molecule has 1 fully saturated rings. The van der Waals surface area contributed by atoms with Crippen LogP contribution in [0.2, 0.25) is 0 Å². The number of nitrogen functional groups attached to an aromatic ring is 1. The minimum atomic E-state index is -3.85. The molecule has 0 aliphatic carbocycles. The van der Waals surface area contributed by atoms with Crippen LogP contribution in [0.3, 0.4) is 0 Å². The molecule has 1 amide bonds. The number of amides is 1. The Morgan fingerprint density at radius 3 is 2.61 bits per heavy atom. The maximum absolute atomic E-state index is 12.9. The Balaban J connectivity index is 2.46. The number of benzene rings is 1. The lowest BCUT2D eigenvalue weighted by atomic mass is 10.3. The average Bonchev–Trinajstić information content (AvgIpc) is 2.59. The first-order valence-corrected chi connectivity index (χ1v) is 6.92. The van der Waals surface area contributed by atoms with E-state index in [0.717, 1.165) is 18.2 Å². The van der Waals surface area contributed by atoms with Gasteiger partial charge < -0.3 is 10.6 Å². The van der Waals surface area contributed by atoms with Crippen LogP contribution in [0.1, 0.15) is 6.42 Å². The largest absolute Gasteiger partial charge is 0.398 e. The molecule has 5 nitrogen and oxygen atoms in total. The average molecular weight is 272 g/mol. The third-order valence-electron chi connectivity index (χ3n) is 3.03. The van der Waals surface area contributed by atoms with Crippen molar-refractivity contribution in [2.45, 2.75) is 16.6 Å². The number of nitrogens with two attached hydrogens (primary N) is 1. The minimum absolute atomic E-state index is 0.169. The van der Waals surface area contributed by atoms with Crippen molar-refractivity contribution in [3.05, 3.63) is 24.0 Å². The van der Waals surface area contributed by atoms with Crippen molar-refractivity contribution in [2.24, 2.45) is 0 Å². The summed E-state index contributed by atoms with van der Waals surface area (Å²) in [7, 11) is -2.30. The number of hydrogen-bond acceptors (Lipinski definition) is 4. The van der Waals surface area contributed by atoms with Gasteiger partial charge in [0.2, 0.25) is 5.91 Å². The van der Waals surface area contributed by atoms with Crippen LogP contribution in [0.15, 0.2) is 23.1 Å². The molecule has 18 heavy (non-hydrogen) atoms. The highest BCUT2D eigenvalue weighted by molar-refractivity contribution is 7.93. The molecule has 1 atom stereocenters. The van der Waals surface area contributed by atoms with Gasteiger partial charge >= 0.3 is 0 Å². The van der Waals surface area contributed by atoms with E-state index in [1.165, 1.54) is 4.90 Å². The highest BCUT2D eigenvalue weighted by Gasteiger charge is 2.41. The van der Waals surface area contributed by atoms with Crippen molar-refractivity contribution in [2.75, 3.05) is 19.3 Å². The predicted octanol–water partition coefficient (Wildman–Crippen LogP) is 0.412. The van der Waals surface area contributed by atoms with Gasteiger partial charge in [-0.25, -0.2) is 12.8 Å². The van der Waals surface area contributed by atoms with Crippen LogP contribution in [0.4, 0.5) is 10.1 Å². The molecular weight excluding hydrogens is 259 g/mol. The van der Waals surface area contributed by atoms with Crippen molar-refractivity contribution in [1.29, 1.82) is 0 Å². The van der Waals surface area contributed by atoms with Gasteiger partial charge in [-0.2, -0.15) is 0 Å². The fraction of sp³-hybridized carbons (Fsp3) is 0.364. The first-order valence-electron chi connectivity index (χ1n) is 5.38. The Morgan fingerprint density at radius 2 is 2.11 bits per heavy atom. The van der Waals surface area contributed by atoms with Gasteiger partial charge in [-0.15, -0.1) is 0 Å². The highest BCUT2D eigenvalue weighted by Crippen LogP contribution is 2.28. The molecule has 7 heteroatoms. The molecule has 0 bridgehead atoms. The van der Waals surface area contributed by atoms with E-state index in [0.29, 0.717) is 6.54 Å². The van der Waals surface area contributed by atoms with E-state index in [1.54, 1.807) is 7.05 Å². The molecule has 1 aromatic carbocycles. The number of carbonyl (C=O) groups is 1. The maximum Gasteiger partial charge on any atom is 0.241 e. The zero-order valence-electron chi connectivity index (χ0n) is 9.76. The quantitative estimate of drug-likeness (QED) is 0.624. The summed E-state index contributed by atoms with van der Waals surface area (Å²) in [5.41, 5.74) is 5.34. The summed E-state index contributed by atoms with van der Waals surface area (Å²) < 4.78 is 37.4. The highest BCUT2D eigenvalue weighted by atomic mass is 32.2. The van der Waals surface area contributed by atoms with E-state index in [2.05, 4.69) is 0 Å². The standard InChI is InChI=1S/C11H13FN2O3S/c1-14-5-4-10(11(14)15)18(16,17)9-3-2-7(12)6-8(9)13/h2-3,6,10H,4-5,13H2,1H3. The Labute approximate surface area is 104 Å².